The van der Waals surface area contributed by atoms with E-state index in [1.165, 1.54) is 87.6 Å². The van der Waals surface area contributed by atoms with Gasteiger partial charge in [-0.15, -0.1) is 0 Å². The van der Waals surface area contributed by atoms with Crippen LogP contribution in [0, 0.1) is 20.8 Å². The van der Waals surface area contributed by atoms with E-state index in [2.05, 4.69) is 219 Å². The summed E-state index contributed by atoms with van der Waals surface area (Å²) < 4.78 is 0. The maximum atomic E-state index is 2.55. The van der Waals surface area contributed by atoms with Crippen molar-refractivity contribution in [2.24, 2.45) is 0 Å². The lowest BCUT2D eigenvalue weighted by molar-refractivity contribution is 1.30. The monoisotopic (exact) mass is 704 g/mol. The highest BCUT2D eigenvalue weighted by atomic mass is 15.2. The van der Waals surface area contributed by atoms with Crippen molar-refractivity contribution in [3.05, 3.63) is 205 Å². The van der Waals surface area contributed by atoms with Gasteiger partial charge in [0.1, 0.15) is 0 Å². The van der Waals surface area contributed by atoms with Crippen LogP contribution in [0.3, 0.4) is 0 Å². The number of para-hydroxylation sites is 2. The van der Waals surface area contributed by atoms with Gasteiger partial charge >= 0.3 is 0 Å². The molecular weight excluding hydrogens is 665 g/mol. The van der Waals surface area contributed by atoms with Gasteiger partial charge in [-0.3, -0.25) is 0 Å². The molecule has 0 saturated carbocycles. The molecule has 0 saturated heterocycles. The molecule has 262 valence electrons. The Morgan fingerprint density at radius 3 is 1.36 bits per heavy atom. The molecule has 0 atom stereocenters. The molecule has 0 fully saturated rings. The first-order valence-corrected chi connectivity index (χ1v) is 19.1. The molecule has 0 spiro atoms. The summed E-state index contributed by atoms with van der Waals surface area (Å²) in [7, 11) is 0. The van der Waals surface area contributed by atoms with Crippen LogP contribution in [0.15, 0.2) is 188 Å². The number of nitrogens with zero attached hydrogens (tertiary/aromatic N) is 2. The van der Waals surface area contributed by atoms with Gasteiger partial charge in [0.05, 0.1) is 22.7 Å². The molecule has 0 N–H and O–H groups in total. The molecule has 2 heteroatoms. The Morgan fingerprint density at radius 2 is 0.745 bits per heavy atom. The van der Waals surface area contributed by atoms with Gasteiger partial charge in [0.15, 0.2) is 0 Å². The standard InChI is InChI=1S/C53H40N2/c1-35-29-30-46-47(31-35)53(54(41-21-6-4-7-22-41)50-28-16-20-38-17-10-13-25-43(38)50)49-33-37(3)36(2)32-48(49)52(46)55(42-23-8-5-9-24-42)51-44-26-14-11-18-39(44)34-40-19-12-15-27-45(40)51/h4-34H,1-3H3. The van der Waals surface area contributed by atoms with Gasteiger partial charge in [0.2, 0.25) is 0 Å². The van der Waals surface area contributed by atoms with E-state index in [-0.39, 0.29) is 0 Å². The lowest BCUT2D eigenvalue weighted by atomic mass is 9.91. The van der Waals surface area contributed by atoms with Crippen molar-refractivity contribution in [3.63, 3.8) is 0 Å². The molecule has 0 heterocycles. The third-order valence-electron chi connectivity index (χ3n) is 11.3. The van der Waals surface area contributed by atoms with Crippen molar-refractivity contribution in [3.8, 4) is 0 Å². The maximum Gasteiger partial charge on any atom is 0.0620 e. The first kappa shape index (κ1) is 32.7. The Kier molecular flexibility index (Phi) is 7.85. The van der Waals surface area contributed by atoms with E-state index >= 15 is 0 Å². The SMILES string of the molecule is Cc1ccc2c(N(c3ccccc3)c3c4ccccc4cc4ccccc34)c3cc(C)c(C)cc3c(N(c3ccccc3)c3cccc4ccccc34)c2c1. The molecule has 0 aromatic heterocycles. The lowest BCUT2D eigenvalue weighted by Crippen LogP contribution is -2.15. The molecule has 0 amide bonds. The number of benzene rings is 10. The molecule has 2 nitrogen and oxygen atoms in total. The minimum absolute atomic E-state index is 1.12. The molecule has 10 aromatic rings. The third kappa shape index (κ3) is 5.41. The third-order valence-corrected chi connectivity index (χ3v) is 11.3. The molecule has 0 aliphatic rings. The number of anilines is 6. The van der Waals surface area contributed by atoms with Crippen LogP contribution in [-0.2, 0) is 0 Å². The maximum absolute atomic E-state index is 2.55. The van der Waals surface area contributed by atoms with Gasteiger partial charge < -0.3 is 9.80 Å². The van der Waals surface area contributed by atoms with Crippen molar-refractivity contribution in [2.75, 3.05) is 9.80 Å². The minimum atomic E-state index is 1.12. The van der Waals surface area contributed by atoms with Crippen LogP contribution in [0.4, 0.5) is 34.1 Å². The largest absolute Gasteiger partial charge is 0.309 e. The van der Waals surface area contributed by atoms with Gasteiger partial charge in [-0.25, -0.2) is 0 Å². The van der Waals surface area contributed by atoms with Crippen LogP contribution in [0.2, 0.25) is 0 Å². The summed E-state index contributed by atoms with van der Waals surface area (Å²) in [5.41, 5.74) is 10.7. The van der Waals surface area contributed by atoms with Crippen LogP contribution in [-0.4, -0.2) is 0 Å². The summed E-state index contributed by atoms with van der Waals surface area (Å²) in [6, 6.07) is 69.1. The topological polar surface area (TPSA) is 6.48 Å². The van der Waals surface area contributed by atoms with Crippen LogP contribution in [0.1, 0.15) is 16.7 Å². The zero-order valence-corrected chi connectivity index (χ0v) is 31.3. The first-order valence-electron chi connectivity index (χ1n) is 19.1. The molecule has 0 unspecified atom stereocenters. The van der Waals surface area contributed by atoms with E-state index in [1.807, 2.05) is 0 Å². The number of hydrogen-bond acceptors (Lipinski definition) is 2. The van der Waals surface area contributed by atoms with E-state index in [9.17, 15) is 0 Å². The van der Waals surface area contributed by atoms with E-state index in [0.717, 1.165) is 17.1 Å². The summed E-state index contributed by atoms with van der Waals surface area (Å²) in [6.45, 7) is 6.71. The predicted molar refractivity (Wildman–Crippen MR) is 238 cm³/mol. The summed E-state index contributed by atoms with van der Waals surface area (Å²) in [4.78, 5) is 5.05. The van der Waals surface area contributed by atoms with Gasteiger partial charge in [-0.1, -0.05) is 139 Å². The zero-order valence-electron chi connectivity index (χ0n) is 31.3. The Bertz CT molecular complexity index is 3010. The van der Waals surface area contributed by atoms with Crippen molar-refractivity contribution < 1.29 is 0 Å². The second kappa shape index (κ2) is 13.2. The molecule has 10 aromatic carbocycles. The Labute approximate surface area is 322 Å². The van der Waals surface area contributed by atoms with Crippen molar-refractivity contribution >= 4 is 88.0 Å². The van der Waals surface area contributed by atoms with E-state index in [4.69, 9.17) is 0 Å². The normalized spacial score (nSPS) is 11.5. The molecular formula is C53H40N2. The zero-order chi connectivity index (χ0) is 37.0. The number of aryl methyl sites for hydroxylation is 3. The molecule has 0 aliphatic heterocycles. The van der Waals surface area contributed by atoms with Gasteiger partial charge in [-0.05, 0) is 103 Å². The summed E-state index contributed by atoms with van der Waals surface area (Å²) >= 11 is 0. The first-order chi connectivity index (χ1) is 27.0. The Morgan fingerprint density at radius 1 is 0.291 bits per heavy atom. The van der Waals surface area contributed by atoms with Crippen molar-refractivity contribution in [1.29, 1.82) is 0 Å². The number of hydrogen-bond donors (Lipinski definition) is 0. The minimum Gasteiger partial charge on any atom is -0.309 e. The fourth-order valence-corrected chi connectivity index (χ4v) is 8.59. The summed E-state index contributed by atoms with van der Waals surface area (Å²) in [5.74, 6) is 0. The average molecular weight is 705 g/mol. The highest BCUT2D eigenvalue weighted by Gasteiger charge is 2.28. The second-order valence-corrected chi connectivity index (χ2v) is 14.7. The fraction of sp³-hybridized carbons (Fsp3) is 0.0566. The molecule has 10 rings (SSSR count). The van der Waals surface area contributed by atoms with Gasteiger partial charge in [-0.2, -0.15) is 0 Å². The van der Waals surface area contributed by atoms with Crippen LogP contribution >= 0.6 is 0 Å². The van der Waals surface area contributed by atoms with Crippen LogP contribution in [0.25, 0.3) is 53.9 Å². The van der Waals surface area contributed by atoms with E-state index in [1.54, 1.807) is 0 Å². The molecule has 55 heavy (non-hydrogen) atoms. The Balaban J connectivity index is 1.42. The molecule has 0 aliphatic carbocycles. The van der Waals surface area contributed by atoms with Crippen LogP contribution < -0.4 is 9.80 Å². The van der Waals surface area contributed by atoms with Crippen LogP contribution in [0.5, 0.6) is 0 Å². The average Bonchev–Trinajstić information content (AvgIpc) is 3.23. The summed E-state index contributed by atoms with van der Waals surface area (Å²) in [5, 5.41) is 12.1. The lowest BCUT2D eigenvalue weighted by Gasteiger charge is -2.34. The van der Waals surface area contributed by atoms with E-state index < -0.39 is 0 Å². The Hall–Kier alpha value is -6.90. The highest BCUT2D eigenvalue weighted by Crippen LogP contribution is 2.54. The van der Waals surface area contributed by atoms with Gasteiger partial charge in [0, 0.05) is 49.1 Å². The fourth-order valence-electron chi connectivity index (χ4n) is 8.59. The smallest absolute Gasteiger partial charge is 0.0620 e. The molecule has 0 radical (unpaired) electrons. The number of rotatable bonds is 6. The van der Waals surface area contributed by atoms with E-state index in [0.29, 0.717) is 0 Å². The van der Waals surface area contributed by atoms with Crippen molar-refractivity contribution in [2.45, 2.75) is 20.8 Å². The quantitative estimate of drug-likeness (QED) is 0.126. The predicted octanol–water partition coefficient (Wildman–Crippen LogP) is 15.3. The summed E-state index contributed by atoms with van der Waals surface area (Å²) in [6.07, 6.45) is 0. The highest BCUT2D eigenvalue weighted by molar-refractivity contribution is 6.26. The number of fused-ring (bicyclic) bond motifs is 5. The van der Waals surface area contributed by atoms with Gasteiger partial charge in [0.25, 0.3) is 0 Å². The second-order valence-electron chi connectivity index (χ2n) is 14.7. The van der Waals surface area contributed by atoms with Crippen molar-refractivity contribution in [1.82, 2.24) is 0 Å². The molecule has 0 bridgehead atoms.